The zero-order valence-corrected chi connectivity index (χ0v) is 13.2. The first-order chi connectivity index (χ1) is 11.5. The van der Waals surface area contributed by atoms with Gasteiger partial charge in [-0.3, -0.25) is 14.4 Å². The van der Waals surface area contributed by atoms with Crippen LogP contribution in [0, 0.1) is 5.92 Å². The van der Waals surface area contributed by atoms with Gasteiger partial charge in [0.2, 0.25) is 5.91 Å². The number of rotatable bonds is 2. The maximum atomic E-state index is 13.0. The van der Waals surface area contributed by atoms with Crippen molar-refractivity contribution in [3.63, 3.8) is 0 Å². The fourth-order valence-corrected chi connectivity index (χ4v) is 4.27. The van der Waals surface area contributed by atoms with Crippen LogP contribution in [0.3, 0.4) is 0 Å². The molecule has 0 radical (unpaired) electrons. The topological polar surface area (TPSA) is 102 Å². The lowest BCUT2D eigenvalue weighted by Crippen LogP contribution is -2.64. The lowest BCUT2D eigenvalue weighted by Gasteiger charge is -2.45. The molecule has 0 aliphatic carbocycles. The first kappa shape index (κ1) is 15.4. The number of carbonyl (C=O) groups is 4. The van der Waals surface area contributed by atoms with E-state index in [1.807, 2.05) is 0 Å². The summed E-state index contributed by atoms with van der Waals surface area (Å²) in [5.41, 5.74) is -1.12. The van der Waals surface area contributed by atoms with Crippen molar-refractivity contribution < 1.29 is 33.4 Å². The molecule has 4 heterocycles. The van der Waals surface area contributed by atoms with E-state index in [4.69, 9.17) is 14.2 Å². The van der Waals surface area contributed by atoms with E-state index in [1.54, 1.807) is 4.90 Å². The van der Waals surface area contributed by atoms with Crippen molar-refractivity contribution in [2.75, 3.05) is 19.7 Å². The van der Waals surface area contributed by atoms with Crippen LogP contribution in [0.5, 0.6) is 0 Å². The number of fused-ring (bicyclic) bond motifs is 1. The largest absolute Gasteiger partial charge is 0.458 e. The molecule has 9 heteroatoms. The zero-order valence-electron chi connectivity index (χ0n) is 13.2. The van der Waals surface area contributed by atoms with Gasteiger partial charge in [-0.15, -0.1) is 0 Å². The SMILES string of the molecule is CC(=O)O[C@@H]1[C@H]2O[C@@]3(CCCCN3C2=O)[C@H]1C(=O)N1CCOC1=O. The Balaban J connectivity index is 1.72. The molecule has 4 fully saturated rings. The normalized spacial score (nSPS) is 37.5. The minimum Gasteiger partial charge on any atom is -0.458 e. The molecule has 4 aliphatic rings. The second kappa shape index (κ2) is 5.17. The van der Waals surface area contributed by atoms with E-state index >= 15 is 0 Å². The third-order valence-electron chi connectivity index (χ3n) is 5.17. The van der Waals surface area contributed by atoms with Gasteiger partial charge in [0.1, 0.15) is 12.5 Å². The zero-order chi connectivity index (χ0) is 17.1. The van der Waals surface area contributed by atoms with Gasteiger partial charge in [-0.25, -0.2) is 9.69 Å². The van der Waals surface area contributed by atoms with Crippen molar-refractivity contribution in [2.45, 2.75) is 44.1 Å². The molecule has 0 N–H and O–H groups in total. The standard InChI is InChI=1S/C15H18N2O7/c1-8(18)23-10-9(12(19)16-6-7-22-14(16)21)15-4-2-3-5-17(15)13(20)11(10)24-15/h9-11H,2-7H2,1H3/t9-,10+,11-,15+/m1/s1. The second-order valence-corrected chi connectivity index (χ2v) is 6.49. The number of amides is 3. The summed E-state index contributed by atoms with van der Waals surface area (Å²) >= 11 is 0. The first-order valence-electron chi connectivity index (χ1n) is 8.10. The number of nitrogens with zero attached hydrogens (tertiary/aromatic N) is 2. The van der Waals surface area contributed by atoms with Crippen LogP contribution in [0.2, 0.25) is 0 Å². The molecule has 9 nitrogen and oxygen atoms in total. The summed E-state index contributed by atoms with van der Waals surface area (Å²) in [7, 11) is 0. The third kappa shape index (κ3) is 1.90. The average Bonchev–Trinajstić information content (AvgIpc) is 3.17. The first-order valence-corrected chi connectivity index (χ1v) is 8.10. The molecule has 130 valence electrons. The van der Waals surface area contributed by atoms with Crippen molar-refractivity contribution in [1.29, 1.82) is 0 Å². The smallest absolute Gasteiger partial charge is 0.416 e. The molecule has 3 amide bonds. The van der Waals surface area contributed by atoms with Gasteiger partial charge in [-0.1, -0.05) is 0 Å². The van der Waals surface area contributed by atoms with Crippen LogP contribution < -0.4 is 0 Å². The minimum absolute atomic E-state index is 0.134. The maximum absolute atomic E-state index is 13.0. The summed E-state index contributed by atoms with van der Waals surface area (Å²) < 4.78 is 16.0. The molecule has 2 bridgehead atoms. The highest BCUT2D eigenvalue weighted by atomic mass is 16.6. The number of cyclic esters (lactones) is 1. The Morgan fingerprint density at radius 2 is 2.04 bits per heavy atom. The summed E-state index contributed by atoms with van der Waals surface area (Å²) in [6.07, 6.45) is -0.613. The monoisotopic (exact) mass is 338 g/mol. The Kier molecular flexibility index (Phi) is 3.31. The lowest BCUT2D eigenvalue weighted by atomic mass is 9.79. The van der Waals surface area contributed by atoms with Crippen LogP contribution in [0.1, 0.15) is 26.2 Å². The molecule has 0 unspecified atom stereocenters. The number of ether oxygens (including phenoxy) is 3. The van der Waals surface area contributed by atoms with Crippen molar-refractivity contribution in [1.82, 2.24) is 9.80 Å². The van der Waals surface area contributed by atoms with E-state index < -0.39 is 41.8 Å². The highest BCUT2D eigenvalue weighted by Gasteiger charge is 2.72. The molecule has 1 spiro atoms. The van der Waals surface area contributed by atoms with E-state index in [2.05, 4.69) is 0 Å². The molecule has 0 aromatic heterocycles. The number of hydrogen-bond acceptors (Lipinski definition) is 7. The summed E-state index contributed by atoms with van der Waals surface area (Å²) in [6, 6.07) is 0. The quantitative estimate of drug-likeness (QED) is 0.633. The Hall–Kier alpha value is -2.16. The molecular formula is C15H18N2O7. The van der Waals surface area contributed by atoms with Gasteiger partial charge in [0, 0.05) is 13.5 Å². The number of esters is 1. The Morgan fingerprint density at radius 1 is 1.25 bits per heavy atom. The van der Waals surface area contributed by atoms with Gasteiger partial charge in [0.25, 0.3) is 5.91 Å². The number of imide groups is 1. The van der Waals surface area contributed by atoms with Crippen LogP contribution in [0.4, 0.5) is 4.79 Å². The summed E-state index contributed by atoms with van der Waals surface area (Å²) in [5.74, 6) is -2.26. The molecule has 4 rings (SSSR count). The fraction of sp³-hybridized carbons (Fsp3) is 0.733. The van der Waals surface area contributed by atoms with Gasteiger partial charge in [0.05, 0.1) is 6.54 Å². The lowest BCUT2D eigenvalue weighted by molar-refractivity contribution is -0.171. The van der Waals surface area contributed by atoms with Gasteiger partial charge in [-0.05, 0) is 19.3 Å². The highest BCUT2D eigenvalue weighted by molar-refractivity contribution is 5.98. The predicted octanol–water partition coefficient (Wildman–Crippen LogP) is -0.366. The molecular weight excluding hydrogens is 320 g/mol. The Bertz CT molecular complexity index is 635. The van der Waals surface area contributed by atoms with Crippen LogP contribution in [0.25, 0.3) is 0 Å². The molecule has 0 aromatic rings. The molecule has 0 aromatic carbocycles. The maximum Gasteiger partial charge on any atom is 0.416 e. The Labute approximate surface area is 137 Å². The molecule has 4 atom stereocenters. The number of carbonyl (C=O) groups excluding carboxylic acids is 4. The summed E-state index contributed by atoms with van der Waals surface area (Å²) in [5, 5.41) is 0. The predicted molar refractivity (Wildman–Crippen MR) is 75.3 cm³/mol. The van der Waals surface area contributed by atoms with Gasteiger partial charge < -0.3 is 19.1 Å². The summed E-state index contributed by atoms with van der Waals surface area (Å²) in [4.78, 5) is 51.4. The van der Waals surface area contributed by atoms with Crippen molar-refractivity contribution in [3.8, 4) is 0 Å². The third-order valence-corrected chi connectivity index (χ3v) is 5.17. The molecule has 4 aliphatic heterocycles. The summed E-state index contributed by atoms with van der Waals surface area (Å²) in [6.45, 7) is 2.00. The fourth-order valence-electron chi connectivity index (χ4n) is 4.27. The van der Waals surface area contributed by atoms with E-state index in [0.717, 1.165) is 17.7 Å². The van der Waals surface area contributed by atoms with Crippen LogP contribution in [0.15, 0.2) is 0 Å². The van der Waals surface area contributed by atoms with E-state index in [0.29, 0.717) is 13.0 Å². The van der Waals surface area contributed by atoms with Gasteiger partial charge >= 0.3 is 12.1 Å². The van der Waals surface area contributed by atoms with Crippen LogP contribution in [-0.4, -0.2) is 71.3 Å². The van der Waals surface area contributed by atoms with Gasteiger partial charge in [-0.2, -0.15) is 0 Å². The minimum atomic E-state index is -1.12. The van der Waals surface area contributed by atoms with E-state index in [9.17, 15) is 19.2 Å². The van der Waals surface area contributed by atoms with Crippen molar-refractivity contribution in [3.05, 3.63) is 0 Å². The van der Waals surface area contributed by atoms with Crippen molar-refractivity contribution >= 4 is 23.9 Å². The molecule has 4 saturated heterocycles. The Morgan fingerprint density at radius 3 is 2.71 bits per heavy atom. The van der Waals surface area contributed by atoms with Gasteiger partial charge in [0.15, 0.2) is 17.9 Å². The molecule has 0 saturated carbocycles. The number of hydrogen-bond donors (Lipinski definition) is 0. The van der Waals surface area contributed by atoms with E-state index in [1.165, 1.54) is 6.92 Å². The van der Waals surface area contributed by atoms with Crippen LogP contribution >= 0.6 is 0 Å². The van der Waals surface area contributed by atoms with Crippen LogP contribution in [-0.2, 0) is 28.6 Å². The highest BCUT2D eigenvalue weighted by Crippen LogP contribution is 2.52. The van der Waals surface area contributed by atoms with E-state index in [-0.39, 0.29) is 19.1 Å². The molecule has 24 heavy (non-hydrogen) atoms. The average molecular weight is 338 g/mol. The number of piperidine rings is 2. The second-order valence-electron chi connectivity index (χ2n) is 6.49. The van der Waals surface area contributed by atoms with Crippen molar-refractivity contribution in [2.24, 2.45) is 5.92 Å².